The number of hydrazone groups is 1. The van der Waals surface area contributed by atoms with E-state index in [1.165, 1.54) is 5.56 Å². The van der Waals surface area contributed by atoms with Crippen LogP contribution in [0.4, 0.5) is 0 Å². The van der Waals surface area contributed by atoms with Crippen LogP contribution in [0.5, 0.6) is 5.75 Å². The van der Waals surface area contributed by atoms with Crippen molar-refractivity contribution >= 4 is 28.1 Å². The summed E-state index contributed by atoms with van der Waals surface area (Å²) < 4.78 is 8.62. The van der Waals surface area contributed by atoms with E-state index >= 15 is 0 Å². The van der Waals surface area contributed by atoms with Crippen LogP contribution in [-0.4, -0.2) is 21.9 Å². The molecule has 0 spiro atoms. The Bertz CT molecular complexity index is 1540. The van der Waals surface area contributed by atoms with Crippen LogP contribution in [0, 0.1) is 6.92 Å². The maximum Gasteiger partial charge on any atom is 0.271 e. The van der Waals surface area contributed by atoms with Gasteiger partial charge < -0.3 is 4.74 Å². The van der Waals surface area contributed by atoms with Crippen LogP contribution in [0.2, 0.25) is 0 Å². The molecule has 6 nitrogen and oxygen atoms in total. The Kier molecular flexibility index (Phi) is 7.75. The molecule has 1 amide bonds. The molecule has 188 valence electrons. The lowest BCUT2D eigenvalue weighted by Crippen LogP contribution is -2.17. The van der Waals surface area contributed by atoms with Crippen LogP contribution in [-0.2, 0) is 6.61 Å². The average Bonchev–Trinajstić information content (AvgIpc) is 3.38. The van der Waals surface area contributed by atoms with Crippen molar-refractivity contribution in [2.45, 2.75) is 13.5 Å². The molecule has 0 unspecified atom stereocenters. The van der Waals surface area contributed by atoms with Gasteiger partial charge in [0.15, 0.2) is 0 Å². The van der Waals surface area contributed by atoms with Gasteiger partial charge in [0.2, 0.25) is 0 Å². The minimum Gasteiger partial charge on any atom is -0.489 e. The Morgan fingerprint density at radius 2 is 1.66 bits per heavy atom. The van der Waals surface area contributed by atoms with E-state index in [1.807, 2.05) is 72.9 Å². The van der Waals surface area contributed by atoms with Gasteiger partial charge >= 0.3 is 0 Å². The van der Waals surface area contributed by atoms with Gasteiger partial charge in [-0.3, -0.25) is 4.79 Å². The first-order valence-electron chi connectivity index (χ1n) is 12.1. The van der Waals surface area contributed by atoms with E-state index in [9.17, 15) is 4.79 Å². The molecule has 4 aromatic carbocycles. The molecule has 38 heavy (non-hydrogen) atoms. The number of halogens is 1. The van der Waals surface area contributed by atoms with Crippen molar-refractivity contribution < 1.29 is 9.53 Å². The number of hydrogen-bond donors (Lipinski definition) is 1. The van der Waals surface area contributed by atoms with Gasteiger partial charge in [-0.05, 0) is 61.0 Å². The first-order chi connectivity index (χ1) is 18.5. The third kappa shape index (κ3) is 6.25. The monoisotopic (exact) mass is 564 g/mol. The van der Waals surface area contributed by atoms with Gasteiger partial charge in [-0.25, -0.2) is 10.1 Å². The number of nitrogens with one attached hydrogen (secondary N) is 1. The van der Waals surface area contributed by atoms with Crippen LogP contribution in [0.1, 0.15) is 27.0 Å². The van der Waals surface area contributed by atoms with Crippen molar-refractivity contribution in [1.82, 2.24) is 15.2 Å². The molecule has 0 aliphatic heterocycles. The molecule has 0 radical (unpaired) electrons. The number of hydrogen-bond acceptors (Lipinski definition) is 4. The Morgan fingerprint density at radius 3 is 2.37 bits per heavy atom. The van der Waals surface area contributed by atoms with Gasteiger partial charge in [-0.15, -0.1) is 0 Å². The Hall–Kier alpha value is -4.49. The molecule has 5 aromatic rings. The summed E-state index contributed by atoms with van der Waals surface area (Å²) in [4.78, 5) is 12.7. The third-order valence-corrected chi connectivity index (χ3v) is 6.42. The minimum atomic E-state index is -0.313. The lowest BCUT2D eigenvalue weighted by atomic mass is 10.1. The SMILES string of the molecule is Cc1ccc(COc2ccc(C(=O)N/N=C\c3cn(-c4ccccc4)nc3-c3ccc(Br)cc3)cc2)cc1. The van der Waals surface area contributed by atoms with Gasteiger partial charge in [0.1, 0.15) is 18.1 Å². The predicted octanol–water partition coefficient (Wildman–Crippen LogP) is 6.95. The second-order valence-electron chi connectivity index (χ2n) is 8.72. The molecule has 1 aromatic heterocycles. The van der Waals surface area contributed by atoms with E-state index < -0.39 is 0 Å². The summed E-state index contributed by atoms with van der Waals surface area (Å²) in [6.45, 7) is 2.52. The van der Waals surface area contributed by atoms with Crippen LogP contribution in [0.15, 0.2) is 119 Å². The van der Waals surface area contributed by atoms with Gasteiger partial charge in [0, 0.05) is 27.4 Å². The topological polar surface area (TPSA) is 68.5 Å². The molecule has 0 atom stereocenters. The van der Waals surface area contributed by atoms with Gasteiger partial charge in [-0.2, -0.15) is 10.2 Å². The zero-order valence-corrected chi connectivity index (χ0v) is 22.3. The van der Waals surface area contributed by atoms with Crippen LogP contribution in [0.25, 0.3) is 16.9 Å². The zero-order chi connectivity index (χ0) is 26.3. The molecule has 7 heteroatoms. The number of amides is 1. The van der Waals surface area contributed by atoms with E-state index in [0.29, 0.717) is 17.9 Å². The van der Waals surface area contributed by atoms with Gasteiger partial charge in [0.05, 0.1) is 11.9 Å². The first-order valence-corrected chi connectivity index (χ1v) is 12.9. The highest BCUT2D eigenvalue weighted by molar-refractivity contribution is 9.10. The summed E-state index contributed by atoms with van der Waals surface area (Å²) in [6.07, 6.45) is 3.50. The maximum absolute atomic E-state index is 12.7. The van der Waals surface area contributed by atoms with Crippen LogP contribution in [0.3, 0.4) is 0 Å². The van der Waals surface area contributed by atoms with Crippen molar-refractivity contribution in [3.05, 3.63) is 136 Å². The average molecular weight is 565 g/mol. The van der Waals surface area contributed by atoms with Crippen molar-refractivity contribution in [3.63, 3.8) is 0 Å². The molecular formula is C31H25BrN4O2. The molecule has 1 heterocycles. The smallest absolute Gasteiger partial charge is 0.271 e. The number of aryl methyl sites for hydroxylation is 1. The number of para-hydroxylation sites is 1. The van der Waals surface area contributed by atoms with Crippen LogP contribution < -0.4 is 10.2 Å². The lowest BCUT2D eigenvalue weighted by Gasteiger charge is -2.07. The normalized spacial score (nSPS) is 11.0. The van der Waals surface area contributed by atoms with E-state index in [4.69, 9.17) is 9.84 Å². The number of nitrogens with zero attached hydrogens (tertiary/aromatic N) is 3. The van der Waals surface area contributed by atoms with Gasteiger partial charge in [-0.1, -0.05) is 76.1 Å². The molecule has 1 N–H and O–H groups in total. The highest BCUT2D eigenvalue weighted by Crippen LogP contribution is 2.24. The van der Waals surface area contributed by atoms with E-state index in [2.05, 4.69) is 45.5 Å². The van der Waals surface area contributed by atoms with Crippen molar-refractivity contribution in [2.24, 2.45) is 5.10 Å². The summed E-state index contributed by atoms with van der Waals surface area (Å²) in [7, 11) is 0. The number of carbonyl (C=O) groups is 1. The summed E-state index contributed by atoms with van der Waals surface area (Å²) in [5.74, 6) is 0.380. The highest BCUT2D eigenvalue weighted by Gasteiger charge is 2.12. The number of rotatable bonds is 8. The fourth-order valence-corrected chi connectivity index (χ4v) is 4.07. The number of ether oxygens (including phenoxy) is 1. The fraction of sp³-hybridized carbons (Fsp3) is 0.0645. The summed E-state index contributed by atoms with van der Waals surface area (Å²) in [5.41, 5.74) is 8.80. The van der Waals surface area contributed by atoms with E-state index in [0.717, 1.165) is 32.5 Å². The van der Waals surface area contributed by atoms with Crippen LogP contribution >= 0.6 is 15.9 Å². The zero-order valence-electron chi connectivity index (χ0n) is 20.7. The lowest BCUT2D eigenvalue weighted by molar-refractivity contribution is 0.0955. The van der Waals surface area contributed by atoms with Gasteiger partial charge in [0.25, 0.3) is 5.91 Å². The standard InChI is InChI=1S/C31H25BrN4O2/c1-22-7-9-23(10-8-22)21-38-29-17-13-25(14-18-29)31(37)34-33-19-26-20-36(28-5-3-2-4-6-28)35-30(26)24-11-15-27(32)16-12-24/h2-20H,21H2,1H3,(H,34,37)/b33-19-. The number of carbonyl (C=O) groups excluding carboxylic acids is 1. The quantitative estimate of drug-likeness (QED) is 0.164. The molecule has 0 aliphatic rings. The maximum atomic E-state index is 12.7. The van der Waals surface area contributed by atoms with Crippen molar-refractivity contribution in [3.8, 4) is 22.7 Å². The van der Waals surface area contributed by atoms with Crippen molar-refractivity contribution in [1.29, 1.82) is 0 Å². The first kappa shape index (κ1) is 25.2. The Morgan fingerprint density at radius 1 is 0.947 bits per heavy atom. The third-order valence-electron chi connectivity index (χ3n) is 5.89. The molecular weight excluding hydrogens is 540 g/mol. The van der Waals surface area contributed by atoms with E-state index in [1.54, 1.807) is 35.2 Å². The molecule has 0 saturated heterocycles. The number of benzene rings is 4. The molecule has 0 aliphatic carbocycles. The van der Waals surface area contributed by atoms with E-state index in [-0.39, 0.29) is 5.91 Å². The highest BCUT2D eigenvalue weighted by atomic mass is 79.9. The van der Waals surface area contributed by atoms with Crippen molar-refractivity contribution in [2.75, 3.05) is 0 Å². The second kappa shape index (κ2) is 11.7. The molecule has 0 saturated carbocycles. The summed E-state index contributed by atoms with van der Waals surface area (Å²) >= 11 is 3.48. The predicted molar refractivity (Wildman–Crippen MR) is 154 cm³/mol. The molecule has 5 rings (SSSR count). The summed E-state index contributed by atoms with van der Waals surface area (Å²) in [6, 6.07) is 32.9. The Labute approximate surface area is 229 Å². The molecule has 0 fully saturated rings. The fourth-order valence-electron chi connectivity index (χ4n) is 3.81. The minimum absolute atomic E-state index is 0.313. The Balaban J connectivity index is 1.27. The summed E-state index contributed by atoms with van der Waals surface area (Å²) in [5, 5.41) is 8.99. The largest absolute Gasteiger partial charge is 0.489 e. The number of aromatic nitrogens is 2. The molecule has 0 bridgehead atoms. The second-order valence-corrected chi connectivity index (χ2v) is 9.63.